The number of aromatic nitrogens is 2. The van der Waals surface area contributed by atoms with Crippen LogP contribution < -0.4 is 0 Å². The number of hydrogen-bond acceptors (Lipinski definition) is 5. The topological polar surface area (TPSA) is 72.4 Å². The van der Waals surface area contributed by atoms with E-state index >= 15 is 0 Å². The van der Waals surface area contributed by atoms with Crippen LogP contribution in [0.3, 0.4) is 0 Å². The van der Waals surface area contributed by atoms with E-state index in [9.17, 15) is 4.79 Å². The average Bonchev–Trinajstić information content (AvgIpc) is 3.16. The summed E-state index contributed by atoms with van der Waals surface area (Å²) in [5, 5.41) is 4.01. The molecule has 118 valence electrons. The molecule has 0 unspecified atom stereocenters. The van der Waals surface area contributed by atoms with Gasteiger partial charge in [0.2, 0.25) is 5.89 Å². The summed E-state index contributed by atoms with van der Waals surface area (Å²) in [6.45, 7) is 5.32. The second kappa shape index (κ2) is 6.34. The second-order valence-electron chi connectivity index (χ2n) is 5.76. The lowest BCUT2D eigenvalue weighted by Gasteiger charge is -2.30. The Morgan fingerprint density at radius 1 is 1.41 bits per heavy atom. The predicted molar refractivity (Wildman–Crippen MR) is 79.6 cm³/mol. The molecular weight excluding hydrogens is 282 g/mol. The van der Waals surface area contributed by atoms with Crippen LogP contribution in [-0.2, 0) is 6.42 Å². The maximum absolute atomic E-state index is 12.4. The Morgan fingerprint density at radius 2 is 2.18 bits per heavy atom. The van der Waals surface area contributed by atoms with Gasteiger partial charge >= 0.3 is 0 Å². The van der Waals surface area contributed by atoms with Gasteiger partial charge in [-0.2, -0.15) is 4.98 Å². The number of furan rings is 1. The van der Waals surface area contributed by atoms with Crippen molar-refractivity contribution in [3.8, 4) is 0 Å². The van der Waals surface area contributed by atoms with E-state index in [1.807, 2.05) is 11.8 Å². The highest BCUT2D eigenvalue weighted by Gasteiger charge is 2.28. The molecule has 3 rings (SSSR count). The summed E-state index contributed by atoms with van der Waals surface area (Å²) >= 11 is 0. The van der Waals surface area contributed by atoms with Gasteiger partial charge in [0.15, 0.2) is 5.82 Å². The largest absolute Gasteiger partial charge is 0.469 e. The van der Waals surface area contributed by atoms with E-state index in [2.05, 4.69) is 17.1 Å². The zero-order valence-corrected chi connectivity index (χ0v) is 13.0. The first-order valence-corrected chi connectivity index (χ1v) is 7.85. The molecule has 2 aromatic heterocycles. The molecule has 1 saturated heterocycles. The number of piperidine rings is 1. The minimum absolute atomic E-state index is 0.0434. The van der Waals surface area contributed by atoms with Crippen molar-refractivity contribution in [1.29, 1.82) is 0 Å². The van der Waals surface area contributed by atoms with Gasteiger partial charge in [-0.3, -0.25) is 4.79 Å². The Kier molecular flexibility index (Phi) is 4.27. The van der Waals surface area contributed by atoms with Gasteiger partial charge in [0.25, 0.3) is 5.91 Å². The smallest absolute Gasteiger partial charge is 0.257 e. The van der Waals surface area contributed by atoms with E-state index in [0.29, 0.717) is 24.4 Å². The van der Waals surface area contributed by atoms with Gasteiger partial charge in [0.1, 0.15) is 5.76 Å². The molecule has 1 amide bonds. The standard InChI is InChI=1S/C16H21N3O3/c1-3-4-14-17-15(22-18-14)12-5-8-19(9-6-12)16(20)13-7-10-21-11(13)2/h7,10,12H,3-6,8-9H2,1-2H3. The predicted octanol–water partition coefficient (Wildman–Crippen LogP) is 2.94. The fraction of sp³-hybridized carbons (Fsp3) is 0.562. The van der Waals surface area contributed by atoms with Crippen LogP contribution in [0.1, 0.15) is 59.9 Å². The Bertz CT molecular complexity index is 639. The maximum atomic E-state index is 12.4. The number of rotatable bonds is 4. The summed E-state index contributed by atoms with van der Waals surface area (Å²) in [6, 6.07) is 1.73. The van der Waals surface area contributed by atoms with Gasteiger partial charge in [-0.15, -0.1) is 0 Å². The van der Waals surface area contributed by atoms with Crippen molar-refractivity contribution < 1.29 is 13.7 Å². The van der Waals surface area contributed by atoms with Crippen molar-refractivity contribution in [2.24, 2.45) is 0 Å². The molecule has 2 aromatic rings. The fourth-order valence-corrected chi connectivity index (χ4v) is 2.87. The van der Waals surface area contributed by atoms with Crippen LogP contribution in [-0.4, -0.2) is 34.0 Å². The van der Waals surface area contributed by atoms with Crippen molar-refractivity contribution in [3.63, 3.8) is 0 Å². The SMILES string of the molecule is CCCc1noc(C2CCN(C(=O)c3ccoc3C)CC2)n1. The lowest BCUT2D eigenvalue weighted by Crippen LogP contribution is -2.38. The Morgan fingerprint density at radius 3 is 2.82 bits per heavy atom. The molecule has 22 heavy (non-hydrogen) atoms. The van der Waals surface area contributed by atoms with Crippen molar-refractivity contribution in [2.45, 2.75) is 45.4 Å². The van der Waals surface area contributed by atoms with Crippen LogP contribution in [0, 0.1) is 6.92 Å². The normalized spacial score (nSPS) is 16.2. The van der Waals surface area contributed by atoms with Gasteiger partial charge < -0.3 is 13.8 Å². The Labute approximate surface area is 129 Å². The van der Waals surface area contributed by atoms with E-state index in [1.54, 1.807) is 12.3 Å². The van der Waals surface area contributed by atoms with Gasteiger partial charge in [-0.05, 0) is 32.3 Å². The second-order valence-corrected chi connectivity index (χ2v) is 5.76. The first kappa shape index (κ1) is 14.8. The Balaban J connectivity index is 1.60. The maximum Gasteiger partial charge on any atom is 0.257 e. The molecule has 1 aliphatic heterocycles. The number of carbonyl (C=O) groups excluding carboxylic acids is 1. The summed E-state index contributed by atoms with van der Waals surface area (Å²) < 4.78 is 10.6. The van der Waals surface area contributed by atoms with E-state index in [4.69, 9.17) is 8.94 Å². The lowest BCUT2D eigenvalue weighted by atomic mass is 9.96. The van der Waals surface area contributed by atoms with E-state index < -0.39 is 0 Å². The van der Waals surface area contributed by atoms with Crippen LogP contribution in [0.15, 0.2) is 21.3 Å². The summed E-state index contributed by atoms with van der Waals surface area (Å²) in [4.78, 5) is 18.8. The number of hydrogen-bond donors (Lipinski definition) is 0. The minimum atomic E-state index is 0.0434. The highest BCUT2D eigenvalue weighted by atomic mass is 16.5. The summed E-state index contributed by atoms with van der Waals surface area (Å²) in [5.74, 6) is 2.47. The molecule has 0 aliphatic carbocycles. The van der Waals surface area contributed by atoms with Crippen molar-refractivity contribution >= 4 is 5.91 Å². The lowest BCUT2D eigenvalue weighted by molar-refractivity contribution is 0.0702. The number of carbonyl (C=O) groups is 1. The van der Waals surface area contributed by atoms with Gasteiger partial charge in [-0.1, -0.05) is 12.1 Å². The minimum Gasteiger partial charge on any atom is -0.469 e. The molecule has 6 heteroatoms. The van der Waals surface area contributed by atoms with Crippen molar-refractivity contribution in [3.05, 3.63) is 35.4 Å². The molecule has 1 aliphatic rings. The molecular formula is C16H21N3O3. The van der Waals surface area contributed by atoms with Crippen LogP contribution in [0.5, 0.6) is 0 Å². The number of aryl methyl sites for hydroxylation is 2. The number of amides is 1. The average molecular weight is 303 g/mol. The third-order valence-corrected chi connectivity index (χ3v) is 4.18. The molecule has 0 spiro atoms. The zero-order valence-electron chi connectivity index (χ0n) is 13.0. The molecule has 0 aromatic carbocycles. The van der Waals surface area contributed by atoms with Gasteiger partial charge in [-0.25, -0.2) is 0 Å². The molecule has 0 bridgehead atoms. The molecule has 6 nitrogen and oxygen atoms in total. The first-order valence-electron chi connectivity index (χ1n) is 7.85. The van der Waals surface area contributed by atoms with Crippen LogP contribution in [0.2, 0.25) is 0 Å². The molecule has 1 fully saturated rings. The quantitative estimate of drug-likeness (QED) is 0.868. The number of likely N-dealkylation sites (tertiary alicyclic amines) is 1. The molecule has 0 N–H and O–H groups in total. The Hall–Kier alpha value is -2.11. The summed E-state index contributed by atoms with van der Waals surface area (Å²) in [6.07, 6.45) is 5.13. The van der Waals surface area contributed by atoms with Gasteiger partial charge in [0.05, 0.1) is 11.8 Å². The number of nitrogens with zero attached hydrogens (tertiary/aromatic N) is 3. The summed E-state index contributed by atoms with van der Waals surface area (Å²) in [5.41, 5.74) is 0.654. The molecule has 0 radical (unpaired) electrons. The van der Waals surface area contributed by atoms with E-state index in [0.717, 1.165) is 37.4 Å². The van der Waals surface area contributed by atoms with E-state index in [1.165, 1.54) is 0 Å². The van der Waals surface area contributed by atoms with Gasteiger partial charge in [0, 0.05) is 25.4 Å². The van der Waals surface area contributed by atoms with Crippen molar-refractivity contribution in [1.82, 2.24) is 15.0 Å². The molecule has 0 atom stereocenters. The highest BCUT2D eigenvalue weighted by molar-refractivity contribution is 5.95. The third-order valence-electron chi connectivity index (χ3n) is 4.18. The first-order chi connectivity index (χ1) is 10.7. The zero-order chi connectivity index (χ0) is 15.5. The molecule has 0 saturated carbocycles. The van der Waals surface area contributed by atoms with E-state index in [-0.39, 0.29) is 11.8 Å². The van der Waals surface area contributed by atoms with Crippen LogP contribution in [0.25, 0.3) is 0 Å². The monoisotopic (exact) mass is 303 g/mol. The molecule has 3 heterocycles. The third kappa shape index (κ3) is 2.91. The van der Waals surface area contributed by atoms with Crippen LogP contribution >= 0.6 is 0 Å². The fourth-order valence-electron chi connectivity index (χ4n) is 2.87. The highest BCUT2D eigenvalue weighted by Crippen LogP contribution is 2.28. The van der Waals surface area contributed by atoms with Crippen molar-refractivity contribution in [2.75, 3.05) is 13.1 Å². The summed E-state index contributed by atoms with van der Waals surface area (Å²) in [7, 11) is 0. The van der Waals surface area contributed by atoms with Crippen LogP contribution in [0.4, 0.5) is 0 Å².